The molecular weight excluding hydrogens is 244 g/mol. The number of halogens is 1. The zero-order chi connectivity index (χ0) is 13.3. The Morgan fingerprint density at radius 1 is 1.06 bits per heavy atom. The lowest BCUT2D eigenvalue weighted by Gasteiger charge is -2.14. The van der Waals surface area contributed by atoms with Crippen molar-refractivity contribution >= 4 is 11.6 Å². The monoisotopic (exact) mass is 260 g/mol. The van der Waals surface area contributed by atoms with Crippen molar-refractivity contribution in [3.05, 3.63) is 52.5 Å². The van der Waals surface area contributed by atoms with Crippen LogP contribution in [-0.2, 0) is 0 Å². The van der Waals surface area contributed by atoms with Crippen molar-refractivity contribution in [1.29, 1.82) is 0 Å². The van der Waals surface area contributed by atoms with Crippen molar-refractivity contribution in [2.24, 2.45) is 0 Å². The first-order valence-electron chi connectivity index (χ1n) is 6.09. The predicted octanol–water partition coefficient (Wildman–Crippen LogP) is 5.14. The molecule has 2 aromatic rings. The van der Waals surface area contributed by atoms with Crippen LogP contribution in [0.1, 0.15) is 30.9 Å². The lowest BCUT2D eigenvalue weighted by Crippen LogP contribution is -1.92. The molecule has 0 aliphatic heterocycles. The van der Waals surface area contributed by atoms with Crippen molar-refractivity contribution < 1.29 is 5.11 Å². The van der Waals surface area contributed by atoms with Crippen LogP contribution < -0.4 is 0 Å². The standard InChI is InChI=1S/C16H17ClO/c1-10(2)13-9-14(11(3)8-16(13)18)12-6-4-5-7-15(12)17/h4-10,18H,1-3H3. The first-order chi connectivity index (χ1) is 8.50. The van der Waals surface area contributed by atoms with Gasteiger partial charge in [0.25, 0.3) is 0 Å². The van der Waals surface area contributed by atoms with Crippen LogP contribution in [0.3, 0.4) is 0 Å². The molecule has 94 valence electrons. The number of phenols is 1. The zero-order valence-corrected chi connectivity index (χ0v) is 11.6. The summed E-state index contributed by atoms with van der Waals surface area (Å²) in [6.45, 7) is 6.13. The van der Waals surface area contributed by atoms with Crippen LogP contribution in [0.4, 0.5) is 0 Å². The Morgan fingerprint density at radius 3 is 2.33 bits per heavy atom. The minimum atomic E-state index is 0.284. The molecule has 0 aromatic heterocycles. The van der Waals surface area contributed by atoms with E-state index in [0.717, 1.165) is 27.3 Å². The molecule has 0 saturated carbocycles. The molecule has 0 aliphatic rings. The number of hydrogen-bond acceptors (Lipinski definition) is 1. The fourth-order valence-electron chi connectivity index (χ4n) is 2.14. The Hall–Kier alpha value is -1.47. The Kier molecular flexibility index (Phi) is 3.63. The zero-order valence-electron chi connectivity index (χ0n) is 10.9. The fraction of sp³-hybridized carbons (Fsp3) is 0.250. The van der Waals surface area contributed by atoms with Crippen LogP contribution in [0.15, 0.2) is 36.4 Å². The third-order valence-corrected chi connectivity index (χ3v) is 3.49. The molecule has 1 N–H and O–H groups in total. The number of rotatable bonds is 2. The Balaban J connectivity index is 2.65. The molecule has 0 spiro atoms. The summed E-state index contributed by atoms with van der Waals surface area (Å²) in [5, 5.41) is 10.7. The smallest absolute Gasteiger partial charge is 0.119 e. The molecule has 18 heavy (non-hydrogen) atoms. The maximum atomic E-state index is 9.97. The van der Waals surface area contributed by atoms with E-state index in [-0.39, 0.29) is 5.92 Å². The van der Waals surface area contributed by atoms with Gasteiger partial charge in [-0.3, -0.25) is 0 Å². The molecular formula is C16H17ClO. The van der Waals surface area contributed by atoms with Crippen molar-refractivity contribution in [1.82, 2.24) is 0 Å². The summed E-state index contributed by atoms with van der Waals surface area (Å²) in [7, 11) is 0. The SMILES string of the molecule is Cc1cc(O)c(C(C)C)cc1-c1ccccc1Cl. The van der Waals surface area contributed by atoms with Crippen LogP contribution >= 0.6 is 11.6 Å². The lowest BCUT2D eigenvalue weighted by atomic mass is 9.93. The number of aryl methyl sites for hydroxylation is 1. The average Bonchev–Trinajstić information content (AvgIpc) is 2.30. The first-order valence-corrected chi connectivity index (χ1v) is 6.47. The average molecular weight is 261 g/mol. The highest BCUT2D eigenvalue weighted by atomic mass is 35.5. The highest BCUT2D eigenvalue weighted by molar-refractivity contribution is 6.33. The van der Waals surface area contributed by atoms with Gasteiger partial charge < -0.3 is 5.11 Å². The summed E-state index contributed by atoms with van der Waals surface area (Å²) >= 11 is 6.24. The molecule has 0 fully saturated rings. The minimum absolute atomic E-state index is 0.284. The topological polar surface area (TPSA) is 20.2 Å². The Labute approximate surface area is 113 Å². The summed E-state index contributed by atoms with van der Waals surface area (Å²) < 4.78 is 0. The molecule has 1 nitrogen and oxygen atoms in total. The van der Waals surface area contributed by atoms with E-state index in [1.54, 1.807) is 0 Å². The highest BCUT2D eigenvalue weighted by Crippen LogP contribution is 2.36. The second-order valence-electron chi connectivity index (χ2n) is 4.86. The van der Waals surface area contributed by atoms with Crippen molar-refractivity contribution in [2.75, 3.05) is 0 Å². The number of benzene rings is 2. The van der Waals surface area contributed by atoms with Gasteiger partial charge >= 0.3 is 0 Å². The summed E-state index contributed by atoms with van der Waals surface area (Å²) in [5.41, 5.74) is 4.08. The van der Waals surface area contributed by atoms with Crippen molar-refractivity contribution in [3.63, 3.8) is 0 Å². The van der Waals surface area contributed by atoms with Crippen LogP contribution in [0.5, 0.6) is 5.75 Å². The van der Waals surface area contributed by atoms with E-state index in [4.69, 9.17) is 11.6 Å². The van der Waals surface area contributed by atoms with Crippen LogP contribution in [-0.4, -0.2) is 5.11 Å². The largest absolute Gasteiger partial charge is 0.508 e. The molecule has 0 bridgehead atoms. The number of hydrogen-bond donors (Lipinski definition) is 1. The van der Waals surface area contributed by atoms with E-state index < -0.39 is 0 Å². The molecule has 0 atom stereocenters. The third-order valence-electron chi connectivity index (χ3n) is 3.16. The highest BCUT2D eigenvalue weighted by Gasteiger charge is 2.12. The van der Waals surface area contributed by atoms with Crippen molar-refractivity contribution in [2.45, 2.75) is 26.7 Å². The van der Waals surface area contributed by atoms with Gasteiger partial charge in [-0.15, -0.1) is 0 Å². The van der Waals surface area contributed by atoms with E-state index in [2.05, 4.69) is 13.8 Å². The van der Waals surface area contributed by atoms with Crippen LogP contribution in [0, 0.1) is 6.92 Å². The summed E-state index contributed by atoms with van der Waals surface area (Å²) in [6, 6.07) is 11.6. The van der Waals surface area contributed by atoms with Gasteiger partial charge in [0.1, 0.15) is 5.75 Å². The molecule has 0 aliphatic carbocycles. The van der Waals surface area contributed by atoms with Gasteiger partial charge in [-0.05, 0) is 47.7 Å². The van der Waals surface area contributed by atoms with E-state index >= 15 is 0 Å². The molecule has 2 aromatic carbocycles. The predicted molar refractivity (Wildman–Crippen MR) is 77.4 cm³/mol. The van der Waals surface area contributed by atoms with Gasteiger partial charge in [-0.25, -0.2) is 0 Å². The minimum Gasteiger partial charge on any atom is -0.508 e. The van der Waals surface area contributed by atoms with Crippen LogP contribution in [0.2, 0.25) is 5.02 Å². The molecule has 0 radical (unpaired) electrons. The lowest BCUT2D eigenvalue weighted by molar-refractivity contribution is 0.464. The summed E-state index contributed by atoms with van der Waals surface area (Å²) in [4.78, 5) is 0. The molecule has 0 amide bonds. The van der Waals surface area contributed by atoms with E-state index in [1.807, 2.05) is 43.3 Å². The van der Waals surface area contributed by atoms with Crippen LogP contribution in [0.25, 0.3) is 11.1 Å². The second kappa shape index (κ2) is 5.03. The van der Waals surface area contributed by atoms with Gasteiger partial charge in [0.2, 0.25) is 0 Å². The number of phenolic OH excluding ortho intramolecular Hbond substituents is 1. The molecule has 2 rings (SSSR count). The Morgan fingerprint density at radius 2 is 1.72 bits per heavy atom. The summed E-state index contributed by atoms with van der Waals surface area (Å²) in [6.07, 6.45) is 0. The first kappa shape index (κ1) is 13.0. The molecule has 0 heterocycles. The molecule has 0 saturated heterocycles. The molecule has 2 heteroatoms. The van der Waals surface area contributed by atoms with Crippen molar-refractivity contribution in [3.8, 4) is 16.9 Å². The van der Waals surface area contributed by atoms with Gasteiger partial charge in [-0.1, -0.05) is 43.6 Å². The quantitative estimate of drug-likeness (QED) is 0.792. The second-order valence-corrected chi connectivity index (χ2v) is 5.27. The van der Waals surface area contributed by atoms with Gasteiger partial charge in [0.05, 0.1) is 0 Å². The summed E-state index contributed by atoms with van der Waals surface area (Å²) in [5.74, 6) is 0.644. The normalized spacial score (nSPS) is 10.9. The van der Waals surface area contributed by atoms with Gasteiger partial charge in [0, 0.05) is 10.6 Å². The Bertz CT molecular complexity index is 573. The fourth-order valence-corrected chi connectivity index (χ4v) is 2.38. The van der Waals surface area contributed by atoms with E-state index in [0.29, 0.717) is 5.75 Å². The van der Waals surface area contributed by atoms with Gasteiger partial charge in [0.15, 0.2) is 0 Å². The third kappa shape index (κ3) is 2.37. The number of aromatic hydroxyl groups is 1. The molecule has 0 unspecified atom stereocenters. The maximum Gasteiger partial charge on any atom is 0.119 e. The van der Waals surface area contributed by atoms with E-state index in [1.165, 1.54) is 0 Å². The van der Waals surface area contributed by atoms with Gasteiger partial charge in [-0.2, -0.15) is 0 Å². The maximum absolute atomic E-state index is 9.97. The van der Waals surface area contributed by atoms with E-state index in [9.17, 15) is 5.11 Å².